The van der Waals surface area contributed by atoms with Crippen molar-refractivity contribution in [1.82, 2.24) is 0 Å². The maximum absolute atomic E-state index is 12.4. The Morgan fingerprint density at radius 2 is 1.92 bits per heavy atom. The van der Waals surface area contributed by atoms with Crippen LogP contribution >= 0.6 is 24.0 Å². The molecule has 1 rings (SSSR count). The summed E-state index contributed by atoms with van der Waals surface area (Å²) in [5.74, 6) is -1.47. The van der Waals surface area contributed by atoms with Gasteiger partial charge in [0.15, 0.2) is 0 Å². The van der Waals surface area contributed by atoms with Gasteiger partial charge < -0.3 is 9.84 Å². The van der Waals surface area contributed by atoms with Crippen LogP contribution in [0.1, 0.15) is 38.7 Å². The summed E-state index contributed by atoms with van der Waals surface area (Å²) in [6.45, 7) is 3.33. The van der Waals surface area contributed by atoms with Gasteiger partial charge >= 0.3 is 11.9 Å². The third-order valence-electron chi connectivity index (χ3n) is 3.83. The van der Waals surface area contributed by atoms with Crippen molar-refractivity contribution in [2.75, 3.05) is 7.11 Å². The van der Waals surface area contributed by atoms with E-state index in [4.69, 9.17) is 22.1 Å². The smallest absolute Gasteiger partial charge is 0.322 e. The summed E-state index contributed by atoms with van der Waals surface area (Å²) >= 11 is 6.61. The largest absolute Gasteiger partial charge is 0.481 e. The molecule has 0 fully saturated rings. The summed E-state index contributed by atoms with van der Waals surface area (Å²) in [5.41, 5.74) is -0.178. The molecule has 0 saturated heterocycles. The molecule has 0 aliphatic heterocycles. The highest BCUT2D eigenvalue weighted by Gasteiger charge is 2.43. The van der Waals surface area contributed by atoms with Gasteiger partial charge in [0.05, 0.1) is 22.8 Å². The summed E-state index contributed by atoms with van der Waals surface area (Å²) in [4.78, 5) is 23.3. The van der Waals surface area contributed by atoms with E-state index in [1.807, 2.05) is 30.3 Å². The molecule has 0 saturated carbocycles. The predicted octanol–water partition coefficient (Wildman–Crippen LogP) is 3.81. The van der Waals surface area contributed by atoms with Crippen LogP contribution in [-0.4, -0.2) is 33.1 Å². The van der Waals surface area contributed by atoms with Gasteiger partial charge in [-0.1, -0.05) is 54.3 Å². The van der Waals surface area contributed by atoms with Gasteiger partial charge in [-0.3, -0.25) is 9.59 Å². The molecule has 2 atom stereocenters. The highest BCUT2D eigenvalue weighted by Crippen LogP contribution is 2.42. The molecule has 134 valence electrons. The molecule has 25 heavy (non-hydrogen) atoms. The first kappa shape index (κ1) is 21.1. The topological polar surface area (TPSA) is 87.4 Å². The minimum absolute atomic E-state index is 0.133. The number of esters is 1. The molecule has 0 amide bonds. The number of thioether (sulfide) groups is 1. The maximum atomic E-state index is 12.4. The molecular weight excluding hydrogens is 358 g/mol. The minimum Gasteiger partial charge on any atom is -0.481 e. The Balaban J connectivity index is 3.05. The molecule has 1 aromatic rings. The average Bonchev–Trinajstić information content (AvgIpc) is 2.59. The Morgan fingerprint density at radius 1 is 1.32 bits per heavy atom. The number of thiocarbonyl (C=S) groups is 1. The van der Waals surface area contributed by atoms with E-state index in [1.54, 1.807) is 13.8 Å². The van der Waals surface area contributed by atoms with Gasteiger partial charge in [0, 0.05) is 6.42 Å². The average molecular weight is 380 g/mol. The van der Waals surface area contributed by atoms with Crippen molar-refractivity contribution in [3.63, 3.8) is 0 Å². The van der Waals surface area contributed by atoms with Crippen LogP contribution in [-0.2, 0) is 14.3 Å². The molecule has 0 bridgehead atoms. The van der Waals surface area contributed by atoms with E-state index in [9.17, 15) is 14.9 Å². The maximum Gasteiger partial charge on any atom is 0.322 e. The molecule has 0 aliphatic carbocycles. The van der Waals surface area contributed by atoms with Crippen LogP contribution in [0.3, 0.4) is 0 Å². The molecule has 0 aliphatic rings. The quantitative estimate of drug-likeness (QED) is 0.543. The molecule has 5 nitrogen and oxygen atoms in total. The van der Waals surface area contributed by atoms with Crippen molar-refractivity contribution in [1.29, 1.82) is 5.26 Å². The van der Waals surface area contributed by atoms with E-state index in [1.165, 1.54) is 18.9 Å². The van der Waals surface area contributed by atoms with Gasteiger partial charge in [0.2, 0.25) is 0 Å². The fourth-order valence-electron chi connectivity index (χ4n) is 2.51. The lowest BCUT2D eigenvalue weighted by Crippen LogP contribution is -2.39. The molecule has 7 heteroatoms. The number of carboxylic acids is 1. The number of hydrogen-bond acceptors (Lipinski definition) is 6. The standard InChI is InChI=1S/C18H21NO4S2/c1-17(12-19,10-9-14(20)21)11-18(2,16(22)23-3)25-15(24)13-7-5-4-6-8-13/h4-8H,9-11H2,1-3H3,(H,20,21). The highest BCUT2D eigenvalue weighted by molar-refractivity contribution is 8.25. The van der Waals surface area contributed by atoms with Gasteiger partial charge in [-0.15, -0.1) is 0 Å². The Kier molecular flexibility index (Phi) is 7.59. The van der Waals surface area contributed by atoms with Gasteiger partial charge in [0.25, 0.3) is 0 Å². The number of aliphatic carboxylic acids is 1. The number of hydrogen-bond donors (Lipinski definition) is 1. The summed E-state index contributed by atoms with van der Waals surface area (Å²) < 4.78 is 4.35. The number of carbonyl (C=O) groups excluding carboxylic acids is 1. The summed E-state index contributed by atoms with van der Waals surface area (Å²) in [7, 11) is 1.29. The van der Waals surface area contributed by atoms with Crippen LogP contribution in [0.15, 0.2) is 30.3 Å². The highest BCUT2D eigenvalue weighted by atomic mass is 32.2. The second kappa shape index (κ2) is 8.97. The van der Waals surface area contributed by atoms with E-state index in [2.05, 4.69) is 6.07 Å². The van der Waals surface area contributed by atoms with Crippen LogP contribution in [0.4, 0.5) is 0 Å². The van der Waals surface area contributed by atoms with Crippen molar-refractivity contribution in [2.45, 2.75) is 37.9 Å². The zero-order chi connectivity index (χ0) is 19.1. The number of carbonyl (C=O) groups is 2. The third-order valence-corrected chi connectivity index (χ3v) is 5.50. The Hall–Kier alpha value is -1.91. The lowest BCUT2D eigenvalue weighted by molar-refractivity contribution is -0.143. The normalized spacial score (nSPS) is 15.3. The van der Waals surface area contributed by atoms with Crippen molar-refractivity contribution in [2.24, 2.45) is 5.41 Å². The molecule has 1 N–H and O–H groups in total. The first-order valence-electron chi connectivity index (χ1n) is 7.66. The van der Waals surface area contributed by atoms with E-state index in [-0.39, 0.29) is 19.3 Å². The van der Waals surface area contributed by atoms with Crippen molar-refractivity contribution < 1.29 is 19.4 Å². The fourth-order valence-corrected chi connectivity index (χ4v) is 4.42. The number of benzene rings is 1. The lowest BCUT2D eigenvalue weighted by Gasteiger charge is -2.33. The minimum atomic E-state index is -1.09. The third kappa shape index (κ3) is 6.15. The second-order valence-electron chi connectivity index (χ2n) is 6.22. The molecule has 2 unspecified atom stereocenters. The van der Waals surface area contributed by atoms with Crippen molar-refractivity contribution in [3.05, 3.63) is 35.9 Å². The zero-order valence-corrected chi connectivity index (χ0v) is 16.1. The monoisotopic (exact) mass is 379 g/mol. The van der Waals surface area contributed by atoms with Gasteiger partial charge in [-0.2, -0.15) is 5.26 Å². The Labute approximate surface area is 157 Å². The SMILES string of the molecule is COC(=O)C(C)(CC(C)(C#N)CCC(=O)O)SC(=S)c1ccccc1. The van der Waals surface area contributed by atoms with Gasteiger partial charge in [-0.05, 0) is 32.3 Å². The summed E-state index contributed by atoms with van der Waals surface area (Å²) in [6.07, 6.45) is 0.132. The molecule has 0 heterocycles. The van der Waals surface area contributed by atoms with Crippen LogP contribution in [0, 0.1) is 16.7 Å². The summed E-state index contributed by atoms with van der Waals surface area (Å²) in [6, 6.07) is 11.4. The van der Waals surface area contributed by atoms with Gasteiger partial charge in [0.1, 0.15) is 4.75 Å². The van der Waals surface area contributed by atoms with Crippen molar-refractivity contribution in [3.8, 4) is 6.07 Å². The van der Waals surface area contributed by atoms with Crippen molar-refractivity contribution >= 4 is 40.1 Å². The zero-order valence-electron chi connectivity index (χ0n) is 14.4. The number of carboxylic acid groups (broad SMARTS) is 1. The number of methoxy groups -OCH3 is 1. The predicted molar refractivity (Wildman–Crippen MR) is 101 cm³/mol. The second-order valence-corrected chi connectivity index (χ2v) is 8.40. The van der Waals surface area contributed by atoms with E-state index >= 15 is 0 Å². The molecule has 0 aromatic heterocycles. The lowest BCUT2D eigenvalue weighted by atomic mass is 9.78. The number of ether oxygens (including phenoxy) is 1. The van der Waals surface area contributed by atoms with E-state index < -0.39 is 22.1 Å². The van der Waals surface area contributed by atoms with Crippen LogP contribution in [0.5, 0.6) is 0 Å². The fraction of sp³-hybridized carbons (Fsp3) is 0.444. The van der Waals surface area contributed by atoms with Crippen LogP contribution in [0.25, 0.3) is 0 Å². The number of nitriles is 1. The first-order chi connectivity index (χ1) is 11.7. The summed E-state index contributed by atoms with van der Waals surface area (Å²) in [5, 5.41) is 18.4. The number of nitrogens with zero attached hydrogens (tertiary/aromatic N) is 1. The Bertz CT molecular complexity index is 686. The molecule has 0 spiro atoms. The first-order valence-corrected chi connectivity index (χ1v) is 8.88. The van der Waals surface area contributed by atoms with E-state index in [0.717, 1.165) is 5.56 Å². The molecular formula is C18H21NO4S2. The number of rotatable bonds is 8. The van der Waals surface area contributed by atoms with Crippen LogP contribution in [0.2, 0.25) is 0 Å². The molecule has 1 aromatic carbocycles. The van der Waals surface area contributed by atoms with Crippen LogP contribution < -0.4 is 0 Å². The molecule has 0 radical (unpaired) electrons. The van der Waals surface area contributed by atoms with Gasteiger partial charge in [-0.25, -0.2) is 0 Å². The van der Waals surface area contributed by atoms with E-state index in [0.29, 0.717) is 4.20 Å². The Morgan fingerprint density at radius 3 is 2.40 bits per heavy atom.